The predicted octanol–water partition coefficient (Wildman–Crippen LogP) is 4.54. The molecule has 146 valence electrons. The van der Waals surface area contributed by atoms with Crippen molar-refractivity contribution in [2.75, 3.05) is 0 Å². The van der Waals surface area contributed by atoms with Gasteiger partial charge < -0.3 is 19.0 Å². The minimum atomic E-state index is -0.262. The zero-order chi connectivity index (χ0) is 20.1. The third-order valence-corrected chi connectivity index (χ3v) is 4.55. The fourth-order valence-corrected chi connectivity index (χ4v) is 2.95. The summed E-state index contributed by atoms with van der Waals surface area (Å²) in [6, 6.07) is 20.7. The lowest BCUT2D eigenvalue weighted by Gasteiger charge is -2.14. The summed E-state index contributed by atoms with van der Waals surface area (Å²) in [7, 11) is 0. The Morgan fingerprint density at radius 1 is 1.10 bits per heavy atom. The van der Waals surface area contributed by atoms with E-state index in [1.54, 1.807) is 24.7 Å². The first-order valence-electron chi connectivity index (χ1n) is 9.35. The van der Waals surface area contributed by atoms with E-state index in [1.165, 1.54) is 0 Å². The maximum Gasteiger partial charge on any atom is 0.287 e. The van der Waals surface area contributed by atoms with Crippen molar-refractivity contribution in [2.24, 2.45) is 0 Å². The van der Waals surface area contributed by atoms with E-state index in [0.29, 0.717) is 5.76 Å². The molecule has 0 saturated carbocycles. The van der Waals surface area contributed by atoms with Crippen LogP contribution in [0.15, 0.2) is 89.9 Å². The highest BCUT2D eigenvalue weighted by molar-refractivity contribution is 5.91. The van der Waals surface area contributed by atoms with Gasteiger partial charge in [-0.15, -0.1) is 0 Å². The second kappa shape index (κ2) is 8.48. The lowest BCUT2D eigenvalue weighted by molar-refractivity contribution is 0.0907. The lowest BCUT2D eigenvalue weighted by atomic mass is 10.1. The molecular formula is C23H21N3O3. The minimum absolute atomic E-state index is 0.159. The number of benzene rings is 2. The van der Waals surface area contributed by atoms with Gasteiger partial charge >= 0.3 is 0 Å². The molecule has 0 spiro atoms. The number of amides is 1. The molecule has 0 aliphatic heterocycles. The van der Waals surface area contributed by atoms with Crippen molar-refractivity contribution >= 4 is 5.91 Å². The summed E-state index contributed by atoms with van der Waals surface area (Å²) in [4.78, 5) is 16.6. The number of imidazole rings is 1. The SMILES string of the molecule is C[C@H](NC(=O)c1ccc(COc2ccccc2)o1)c1ccc(-n2ccnc2)cc1. The number of nitrogens with zero attached hydrogens (tertiary/aromatic N) is 2. The molecule has 0 aliphatic rings. The van der Waals surface area contributed by atoms with Gasteiger partial charge in [-0.25, -0.2) is 4.98 Å². The first kappa shape index (κ1) is 18.6. The Bertz CT molecular complexity index is 1050. The predicted molar refractivity (Wildman–Crippen MR) is 109 cm³/mol. The topological polar surface area (TPSA) is 69.3 Å². The summed E-state index contributed by atoms with van der Waals surface area (Å²) in [6.07, 6.45) is 5.37. The standard InChI is InChI=1S/C23H21N3O3/c1-17(18-7-9-19(10-8-18)26-14-13-24-16-26)25-23(27)22-12-11-21(29-22)15-28-20-5-3-2-4-6-20/h2-14,16-17H,15H2,1H3,(H,25,27)/t17-/m0/s1. The number of carbonyl (C=O) groups is 1. The molecule has 4 aromatic rings. The summed E-state index contributed by atoms with van der Waals surface area (Å²) in [5, 5.41) is 2.96. The van der Waals surface area contributed by atoms with Crippen LogP contribution in [0, 0.1) is 0 Å². The van der Waals surface area contributed by atoms with E-state index in [-0.39, 0.29) is 24.3 Å². The highest BCUT2D eigenvalue weighted by Gasteiger charge is 2.15. The number of nitrogens with one attached hydrogen (secondary N) is 1. The van der Waals surface area contributed by atoms with Crippen LogP contribution in [0.4, 0.5) is 0 Å². The molecule has 2 aromatic carbocycles. The number of hydrogen-bond acceptors (Lipinski definition) is 4. The van der Waals surface area contributed by atoms with E-state index >= 15 is 0 Å². The Morgan fingerprint density at radius 3 is 2.62 bits per heavy atom. The van der Waals surface area contributed by atoms with Crippen molar-refractivity contribution < 1.29 is 13.9 Å². The van der Waals surface area contributed by atoms with Gasteiger partial charge in [0, 0.05) is 18.1 Å². The highest BCUT2D eigenvalue weighted by atomic mass is 16.5. The number of ether oxygens (including phenoxy) is 1. The van der Waals surface area contributed by atoms with Crippen molar-refractivity contribution in [3.8, 4) is 11.4 Å². The maximum absolute atomic E-state index is 12.5. The number of furan rings is 1. The third kappa shape index (κ3) is 4.55. The maximum atomic E-state index is 12.5. The molecule has 1 amide bonds. The summed E-state index contributed by atoms with van der Waals surface area (Å²) in [5.41, 5.74) is 2.01. The molecule has 0 aliphatic carbocycles. The van der Waals surface area contributed by atoms with Gasteiger partial charge in [0.05, 0.1) is 12.4 Å². The molecule has 6 nitrogen and oxygen atoms in total. The van der Waals surface area contributed by atoms with Crippen LogP contribution in [0.5, 0.6) is 5.75 Å². The Kier molecular flexibility index (Phi) is 5.42. The van der Waals surface area contributed by atoms with E-state index in [0.717, 1.165) is 17.0 Å². The first-order chi connectivity index (χ1) is 14.2. The van der Waals surface area contributed by atoms with Gasteiger partial charge in [0.25, 0.3) is 5.91 Å². The van der Waals surface area contributed by atoms with Crippen LogP contribution in [-0.2, 0) is 6.61 Å². The zero-order valence-corrected chi connectivity index (χ0v) is 16.0. The minimum Gasteiger partial charge on any atom is -0.486 e. The van der Waals surface area contributed by atoms with Crippen LogP contribution in [0.25, 0.3) is 5.69 Å². The highest BCUT2D eigenvalue weighted by Crippen LogP contribution is 2.18. The molecule has 6 heteroatoms. The summed E-state index contributed by atoms with van der Waals surface area (Å²) < 4.78 is 13.2. The zero-order valence-electron chi connectivity index (χ0n) is 16.0. The van der Waals surface area contributed by atoms with E-state index < -0.39 is 0 Å². The normalized spacial score (nSPS) is 11.8. The van der Waals surface area contributed by atoms with Crippen molar-refractivity contribution in [3.63, 3.8) is 0 Å². The fourth-order valence-electron chi connectivity index (χ4n) is 2.95. The van der Waals surface area contributed by atoms with Gasteiger partial charge in [-0.2, -0.15) is 0 Å². The second-order valence-electron chi connectivity index (χ2n) is 6.62. The molecule has 0 bridgehead atoms. The van der Waals surface area contributed by atoms with E-state index in [9.17, 15) is 4.79 Å². The molecule has 2 aromatic heterocycles. The fraction of sp³-hybridized carbons (Fsp3) is 0.130. The molecule has 2 heterocycles. The van der Waals surface area contributed by atoms with Crippen molar-refractivity contribution in [3.05, 3.63) is 103 Å². The average Bonchev–Trinajstić information content (AvgIpc) is 3.45. The van der Waals surface area contributed by atoms with Gasteiger partial charge in [-0.3, -0.25) is 4.79 Å². The van der Waals surface area contributed by atoms with Crippen LogP contribution >= 0.6 is 0 Å². The number of rotatable bonds is 7. The van der Waals surface area contributed by atoms with Crippen LogP contribution in [0.2, 0.25) is 0 Å². The van der Waals surface area contributed by atoms with Crippen LogP contribution in [0.1, 0.15) is 34.8 Å². The molecule has 29 heavy (non-hydrogen) atoms. The second-order valence-corrected chi connectivity index (χ2v) is 6.62. The Balaban J connectivity index is 1.34. The van der Waals surface area contributed by atoms with Crippen molar-refractivity contribution in [1.82, 2.24) is 14.9 Å². The van der Waals surface area contributed by atoms with E-state index in [4.69, 9.17) is 9.15 Å². The Labute approximate surface area is 168 Å². The number of hydrogen-bond donors (Lipinski definition) is 1. The summed E-state index contributed by atoms with van der Waals surface area (Å²) in [5.74, 6) is 1.35. The first-order valence-corrected chi connectivity index (χ1v) is 9.35. The van der Waals surface area contributed by atoms with Crippen LogP contribution in [-0.4, -0.2) is 15.5 Å². The molecule has 1 atom stereocenters. The van der Waals surface area contributed by atoms with Gasteiger partial charge in [0.1, 0.15) is 18.1 Å². The molecule has 0 radical (unpaired) electrons. The molecule has 4 rings (SSSR count). The average molecular weight is 387 g/mol. The monoisotopic (exact) mass is 387 g/mol. The van der Waals surface area contributed by atoms with E-state index in [1.807, 2.05) is 72.3 Å². The Morgan fingerprint density at radius 2 is 1.90 bits per heavy atom. The van der Waals surface area contributed by atoms with Gasteiger partial charge in [0.2, 0.25) is 0 Å². The van der Waals surface area contributed by atoms with Gasteiger partial charge in [0.15, 0.2) is 5.76 Å². The summed E-state index contributed by atoms with van der Waals surface area (Å²) >= 11 is 0. The molecule has 0 fully saturated rings. The molecule has 0 saturated heterocycles. The van der Waals surface area contributed by atoms with Gasteiger partial charge in [-0.1, -0.05) is 30.3 Å². The quantitative estimate of drug-likeness (QED) is 0.506. The van der Waals surface area contributed by atoms with Gasteiger partial charge in [-0.05, 0) is 48.9 Å². The number of para-hydroxylation sites is 1. The van der Waals surface area contributed by atoms with Crippen LogP contribution in [0.3, 0.4) is 0 Å². The third-order valence-electron chi connectivity index (χ3n) is 4.55. The van der Waals surface area contributed by atoms with Crippen molar-refractivity contribution in [1.29, 1.82) is 0 Å². The van der Waals surface area contributed by atoms with E-state index in [2.05, 4.69) is 10.3 Å². The largest absolute Gasteiger partial charge is 0.486 e. The Hall–Kier alpha value is -3.80. The number of aromatic nitrogens is 2. The smallest absolute Gasteiger partial charge is 0.287 e. The van der Waals surface area contributed by atoms with Crippen molar-refractivity contribution in [2.45, 2.75) is 19.6 Å². The lowest BCUT2D eigenvalue weighted by Crippen LogP contribution is -2.26. The number of carbonyl (C=O) groups excluding carboxylic acids is 1. The van der Waals surface area contributed by atoms with Crippen LogP contribution < -0.4 is 10.1 Å². The molecule has 1 N–H and O–H groups in total. The molecular weight excluding hydrogens is 366 g/mol. The molecule has 0 unspecified atom stereocenters. The summed E-state index contributed by atoms with van der Waals surface area (Å²) in [6.45, 7) is 2.20.